The summed E-state index contributed by atoms with van der Waals surface area (Å²) in [5.41, 5.74) is 4.45. The number of non-ortho nitro benzene ring substituents is 1. The van der Waals surface area contributed by atoms with Crippen LogP contribution in [0.15, 0.2) is 77.6 Å². The van der Waals surface area contributed by atoms with Gasteiger partial charge in [0.1, 0.15) is 5.52 Å². The van der Waals surface area contributed by atoms with Crippen molar-refractivity contribution in [1.29, 1.82) is 0 Å². The lowest BCUT2D eigenvalue weighted by Gasteiger charge is -2.10. The minimum Gasteiger partial charge on any atom is -0.343 e. The average Bonchev–Trinajstić information content (AvgIpc) is 4.02. The van der Waals surface area contributed by atoms with Gasteiger partial charge in [-0.25, -0.2) is 26.6 Å². The van der Waals surface area contributed by atoms with Gasteiger partial charge in [-0.2, -0.15) is 0 Å². The van der Waals surface area contributed by atoms with Crippen molar-refractivity contribution in [1.82, 2.24) is 24.8 Å². The number of nitro benzene ring substituents is 1. The van der Waals surface area contributed by atoms with Gasteiger partial charge in [0.15, 0.2) is 23.3 Å². The van der Waals surface area contributed by atoms with Crippen molar-refractivity contribution < 1.29 is 41.3 Å². The number of hydrogen-bond donors (Lipinski definition) is 0. The highest BCUT2D eigenvalue weighted by atomic mass is 35.5. The number of halogens is 10. The largest absolute Gasteiger partial charge is 0.343 e. The number of aryl methyl sites for hydroxylation is 4. The summed E-state index contributed by atoms with van der Waals surface area (Å²) < 4.78 is 64.0. The molecule has 6 aromatic rings. The van der Waals surface area contributed by atoms with Crippen molar-refractivity contribution in [2.75, 3.05) is 19.6 Å². The smallest absolute Gasteiger partial charge is 0.277 e. The molecule has 8 rings (SSSR count). The van der Waals surface area contributed by atoms with Gasteiger partial charge in [-0.05, 0) is 88.6 Å². The number of hydrogen-bond acceptors (Lipinski definition) is 8. The highest BCUT2D eigenvalue weighted by Crippen LogP contribution is 2.44. The van der Waals surface area contributed by atoms with Gasteiger partial charge >= 0.3 is 0 Å². The van der Waals surface area contributed by atoms with Crippen molar-refractivity contribution in [3.63, 3.8) is 0 Å². The number of carbonyl (C=O) groups is 3. The van der Waals surface area contributed by atoms with Gasteiger partial charge in [-0.3, -0.25) is 34.2 Å². The molecule has 0 saturated carbocycles. The van der Waals surface area contributed by atoms with Crippen molar-refractivity contribution in [2.24, 2.45) is 0 Å². The minimum absolute atomic E-state index is 0. The fourth-order valence-electron chi connectivity index (χ4n) is 6.88. The van der Waals surface area contributed by atoms with Crippen molar-refractivity contribution in [3.05, 3.63) is 175 Å². The highest BCUT2D eigenvalue weighted by Gasteiger charge is 2.27. The van der Waals surface area contributed by atoms with Crippen LogP contribution in [0, 0.1) is 46.1 Å². The van der Waals surface area contributed by atoms with Crippen molar-refractivity contribution in [2.45, 2.75) is 128 Å². The summed E-state index contributed by atoms with van der Waals surface area (Å²) in [6, 6.07) is 22.5. The zero-order chi connectivity index (χ0) is 57.4. The predicted molar refractivity (Wildman–Crippen MR) is 306 cm³/mol. The first-order chi connectivity index (χ1) is 36.0. The molecule has 0 radical (unpaired) electrons. The normalized spacial score (nSPS) is 12.1. The fraction of sp³-hybridized carbons (Fsp3) is 0.393. The summed E-state index contributed by atoms with van der Waals surface area (Å²) in [6.07, 6.45) is 5.04. The Hall–Kier alpha value is -5.72. The molecule has 5 aromatic carbocycles. The molecule has 2 fully saturated rings. The van der Waals surface area contributed by atoms with Crippen LogP contribution in [0.4, 0.5) is 27.6 Å². The third-order valence-electron chi connectivity index (χ3n) is 11.3. The summed E-state index contributed by atoms with van der Waals surface area (Å²) in [5.74, 6) is -9.13. The molecule has 0 N–H and O–H groups in total. The lowest BCUT2D eigenvalue weighted by Crippen LogP contribution is -2.28. The second-order valence-electron chi connectivity index (χ2n) is 16.3. The predicted octanol–water partition coefficient (Wildman–Crippen LogP) is 16.0. The number of fused-ring (bicyclic) bond motifs is 1. The Morgan fingerprint density at radius 1 is 0.564 bits per heavy atom. The SMILES string of the molecule is C.C.CCN1C(=O)CCC1=O.CCN1CCCC1=O.CCc1c(Cl)c(Cl)c(Cl)c(Cl)c1Cl.CCc1c(F)c(F)c(F)c(F)c1F.CCc1ccc(C)cc1.CCc1cccc([N+](=O)[O-])c1.CCn1nnc2ccccc2c1=O. The van der Waals surface area contributed by atoms with Gasteiger partial charge in [0, 0.05) is 63.1 Å². The van der Waals surface area contributed by atoms with Crippen LogP contribution in [0.3, 0.4) is 0 Å². The third-order valence-corrected chi connectivity index (χ3v) is 13.7. The number of rotatable bonds is 8. The molecule has 0 unspecified atom stereocenters. The molecule has 78 heavy (non-hydrogen) atoms. The lowest BCUT2D eigenvalue weighted by atomic mass is 10.1. The average molecular weight is 1190 g/mol. The van der Waals surface area contributed by atoms with Gasteiger partial charge < -0.3 is 4.90 Å². The van der Waals surface area contributed by atoms with Crippen LogP contribution in [0.2, 0.25) is 25.1 Å². The highest BCUT2D eigenvalue weighted by molar-refractivity contribution is 6.55. The van der Waals surface area contributed by atoms with Crippen LogP contribution < -0.4 is 5.56 Å². The molecular weight excluding hydrogens is 1120 g/mol. The standard InChI is InChI=1S/C9H9N3O.C9H12.C8H5Cl5.C8H5F5.C8H9NO2.C6H9NO2.C6H11NO.2CH4/c1-2-12-9(13)7-5-3-4-6-8(7)10-11-12;1-3-9-6-4-8(2)5-7-9;2*1-2-3-4(9)6(11)8(13)7(12)5(3)10;1-2-7-4-3-5-8(6-7)9(10)11;1-2-7-5(8)3-4-6(7)9;1-2-7-5-3-4-6(7)8;;/h3-6H,2H2,1H3;4-7H,3H2,1-2H3;2*2H2,1H3;3-6H,2H2,1H3;2-4H2,1H3;2-5H2,1H3;2*1H4. The summed E-state index contributed by atoms with van der Waals surface area (Å²) in [7, 11) is 0. The molecule has 2 aliphatic rings. The molecule has 2 aliphatic heterocycles. The van der Waals surface area contributed by atoms with E-state index in [1.807, 2.05) is 50.8 Å². The zero-order valence-corrected chi connectivity index (χ0v) is 47.1. The zero-order valence-electron chi connectivity index (χ0n) is 43.3. The van der Waals surface area contributed by atoms with E-state index in [4.69, 9.17) is 58.0 Å². The number of likely N-dealkylation sites (tertiary alicyclic amines) is 2. The first-order valence-corrected chi connectivity index (χ1v) is 26.1. The summed E-state index contributed by atoms with van der Waals surface area (Å²) in [4.78, 5) is 56.9. The van der Waals surface area contributed by atoms with E-state index in [-0.39, 0.29) is 64.3 Å². The molecule has 1 aromatic heterocycles. The van der Waals surface area contributed by atoms with Crippen LogP contribution in [-0.4, -0.2) is 67.1 Å². The molecular formula is C56H68Cl5F5N6O6. The van der Waals surface area contributed by atoms with E-state index in [0.29, 0.717) is 59.2 Å². The van der Waals surface area contributed by atoms with E-state index < -0.39 is 34.6 Å². The van der Waals surface area contributed by atoms with Crippen LogP contribution in [0.5, 0.6) is 0 Å². The second-order valence-corrected chi connectivity index (χ2v) is 18.1. The maximum absolute atomic E-state index is 12.7. The molecule has 428 valence electrons. The van der Waals surface area contributed by atoms with Gasteiger partial charge in [0.05, 0.1) is 35.4 Å². The fourth-order valence-corrected chi connectivity index (χ4v) is 8.32. The van der Waals surface area contributed by atoms with E-state index in [9.17, 15) is 51.2 Å². The number of imide groups is 1. The Balaban J connectivity index is 0.000000889. The molecule has 22 heteroatoms. The van der Waals surface area contributed by atoms with Gasteiger partial charge in [-0.15, -0.1) is 5.10 Å². The van der Waals surface area contributed by atoms with E-state index in [0.717, 1.165) is 49.9 Å². The summed E-state index contributed by atoms with van der Waals surface area (Å²) in [6.45, 7) is 18.1. The Bertz CT molecular complexity index is 2850. The number of benzene rings is 5. The maximum Gasteiger partial charge on any atom is 0.277 e. The van der Waals surface area contributed by atoms with Crippen LogP contribution in [0.25, 0.3) is 10.9 Å². The molecule has 3 amide bonds. The Morgan fingerprint density at radius 2 is 1.06 bits per heavy atom. The van der Waals surface area contributed by atoms with Crippen molar-refractivity contribution in [3.8, 4) is 0 Å². The Kier molecular flexibility index (Phi) is 33.8. The van der Waals surface area contributed by atoms with Crippen LogP contribution >= 0.6 is 58.0 Å². The van der Waals surface area contributed by atoms with E-state index >= 15 is 0 Å². The molecule has 2 saturated heterocycles. The summed E-state index contributed by atoms with van der Waals surface area (Å²) >= 11 is 29.3. The summed E-state index contributed by atoms with van der Waals surface area (Å²) in [5, 5.41) is 20.1. The Labute approximate surface area is 478 Å². The maximum atomic E-state index is 12.7. The van der Waals surface area contributed by atoms with Gasteiger partial charge in [-0.1, -0.05) is 160 Å². The van der Waals surface area contributed by atoms with Gasteiger partial charge in [0.2, 0.25) is 23.5 Å². The number of nitrogens with zero attached hydrogens (tertiary/aromatic N) is 6. The molecule has 3 heterocycles. The van der Waals surface area contributed by atoms with Crippen LogP contribution in [-0.2, 0) is 46.6 Å². The molecule has 0 aliphatic carbocycles. The minimum atomic E-state index is -2.12. The second kappa shape index (κ2) is 36.5. The Morgan fingerprint density at radius 3 is 1.47 bits per heavy atom. The van der Waals surface area contributed by atoms with Crippen molar-refractivity contribution >= 4 is 92.3 Å². The first-order valence-electron chi connectivity index (χ1n) is 24.2. The number of amides is 3. The lowest BCUT2D eigenvalue weighted by molar-refractivity contribution is -0.384. The first kappa shape index (κ1) is 72.3. The van der Waals surface area contributed by atoms with E-state index in [1.54, 1.807) is 31.2 Å². The molecule has 0 bridgehead atoms. The van der Waals surface area contributed by atoms with Crippen LogP contribution in [0.1, 0.15) is 117 Å². The molecule has 12 nitrogen and oxygen atoms in total. The number of nitro groups is 1. The van der Waals surface area contributed by atoms with Gasteiger partial charge in [0.25, 0.3) is 11.2 Å². The monoisotopic (exact) mass is 1190 g/mol. The number of aromatic nitrogens is 3. The molecule has 0 spiro atoms. The molecule has 0 atom stereocenters. The third kappa shape index (κ3) is 20.8. The quantitative estimate of drug-likeness (QED) is 0.0365. The van der Waals surface area contributed by atoms with E-state index in [1.165, 1.54) is 33.7 Å². The number of carbonyl (C=O) groups excluding carboxylic acids is 3. The van der Waals surface area contributed by atoms with E-state index in [2.05, 4.69) is 48.4 Å². The topological polar surface area (TPSA) is 149 Å².